The van der Waals surface area contributed by atoms with E-state index in [4.69, 9.17) is 0 Å². The smallest absolute Gasteiger partial charge is 0.258 e. The summed E-state index contributed by atoms with van der Waals surface area (Å²) in [6.07, 6.45) is 0. The third kappa shape index (κ3) is 3.35. The maximum absolute atomic E-state index is 12.4. The molecule has 0 atom stereocenters. The van der Waals surface area contributed by atoms with Crippen LogP contribution in [0.3, 0.4) is 0 Å². The quantitative estimate of drug-likeness (QED) is 0.894. The molecule has 0 aliphatic rings. The van der Waals surface area contributed by atoms with Crippen LogP contribution >= 0.6 is 0 Å². The van der Waals surface area contributed by atoms with E-state index in [1.165, 1.54) is 0 Å². The van der Waals surface area contributed by atoms with Gasteiger partial charge in [-0.2, -0.15) is 0 Å². The largest absolute Gasteiger partial charge is 0.385 e. The number of benzene rings is 1. The molecule has 4 heteroatoms. The molecule has 1 aromatic carbocycles. The fourth-order valence-corrected chi connectivity index (χ4v) is 1.99. The minimum Gasteiger partial charge on any atom is -0.385 e. The third-order valence-electron chi connectivity index (χ3n) is 2.92. The highest BCUT2D eigenvalue weighted by atomic mass is 16.1. The first-order valence-electron chi connectivity index (χ1n) is 6.69. The molecule has 2 aromatic rings. The number of aromatic nitrogens is 1. The van der Waals surface area contributed by atoms with Gasteiger partial charge in [0.15, 0.2) is 0 Å². The van der Waals surface area contributed by atoms with Crippen molar-refractivity contribution < 1.29 is 4.79 Å². The molecule has 0 aliphatic heterocycles. The zero-order chi connectivity index (χ0) is 14.5. The molecule has 0 spiro atoms. The lowest BCUT2D eigenvalue weighted by atomic mass is 10.1. The van der Waals surface area contributed by atoms with Gasteiger partial charge < -0.3 is 10.6 Å². The highest BCUT2D eigenvalue weighted by Crippen LogP contribution is 2.18. The lowest BCUT2D eigenvalue weighted by Crippen LogP contribution is -2.16. The molecule has 1 heterocycles. The Morgan fingerprint density at radius 2 is 2.00 bits per heavy atom. The van der Waals surface area contributed by atoms with Crippen LogP contribution in [0.5, 0.6) is 0 Å². The average Bonchev–Trinajstić information content (AvgIpc) is 2.41. The molecule has 104 valence electrons. The van der Waals surface area contributed by atoms with E-state index >= 15 is 0 Å². The zero-order valence-corrected chi connectivity index (χ0v) is 12.0. The van der Waals surface area contributed by atoms with E-state index in [1.807, 2.05) is 51.1 Å². The summed E-state index contributed by atoms with van der Waals surface area (Å²) in [4.78, 5) is 16.7. The van der Waals surface area contributed by atoms with E-state index in [1.54, 1.807) is 6.07 Å². The van der Waals surface area contributed by atoms with E-state index < -0.39 is 0 Å². The van der Waals surface area contributed by atoms with Crippen molar-refractivity contribution in [2.24, 2.45) is 0 Å². The molecule has 0 fully saturated rings. The first kappa shape index (κ1) is 14.1. The Hall–Kier alpha value is -2.36. The summed E-state index contributed by atoms with van der Waals surface area (Å²) in [6.45, 7) is 6.64. The van der Waals surface area contributed by atoms with Crippen molar-refractivity contribution in [1.29, 1.82) is 0 Å². The lowest BCUT2D eigenvalue weighted by Gasteiger charge is -2.12. The van der Waals surface area contributed by atoms with E-state index in [-0.39, 0.29) is 5.91 Å². The van der Waals surface area contributed by atoms with Gasteiger partial charge in [-0.3, -0.25) is 4.79 Å². The van der Waals surface area contributed by atoms with E-state index in [0.717, 1.165) is 23.5 Å². The topological polar surface area (TPSA) is 54.0 Å². The van der Waals surface area contributed by atoms with Crippen molar-refractivity contribution in [2.45, 2.75) is 20.8 Å². The van der Waals surface area contributed by atoms with E-state index in [2.05, 4.69) is 15.6 Å². The van der Waals surface area contributed by atoms with Gasteiger partial charge in [-0.15, -0.1) is 0 Å². The number of anilines is 2. The second kappa shape index (κ2) is 6.19. The highest BCUT2D eigenvalue weighted by molar-refractivity contribution is 6.07. The van der Waals surface area contributed by atoms with Crippen LogP contribution in [-0.4, -0.2) is 17.4 Å². The van der Waals surface area contributed by atoms with Crippen molar-refractivity contribution >= 4 is 17.4 Å². The maximum Gasteiger partial charge on any atom is 0.258 e. The van der Waals surface area contributed by atoms with Crippen LogP contribution in [0.25, 0.3) is 0 Å². The maximum atomic E-state index is 12.4. The van der Waals surface area contributed by atoms with Crippen molar-refractivity contribution in [2.75, 3.05) is 17.2 Å². The summed E-state index contributed by atoms with van der Waals surface area (Å²) < 4.78 is 0. The molecule has 4 nitrogen and oxygen atoms in total. The molecule has 0 saturated heterocycles. The molecule has 0 saturated carbocycles. The summed E-state index contributed by atoms with van der Waals surface area (Å²) >= 11 is 0. The van der Waals surface area contributed by atoms with Gasteiger partial charge in [0.25, 0.3) is 5.91 Å². The van der Waals surface area contributed by atoms with Crippen LogP contribution in [0.2, 0.25) is 0 Å². The Labute approximate surface area is 119 Å². The SMILES string of the molecule is CCNc1ccc(C)cc1C(=O)Nc1cccc(C)n1. The van der Waals surface area contributed by atoms with Gasteiger partial charge in [-0.1, -0.05) is 17.7 Å². The molecule has 2 N–H and O–H groups in total. The molecule has 2 rings (SSSR count). The number of rotatable bonds is 4. The zero-order valence-electron chi connectivity index (χ0n) is 12.0. The number of carbonyl (C=O) groups excluding carboxylic acids is 1. The third-order valence-corrected chi connectivity index (χ3v) is 2.92. The minimum atomic E-state index is -0.150. The van der Waals surface area contributed by atoms with Crippen LogP contribution in [0.1, 0.15) is 28.5 Å². The summed E-state index contributed by atoms with van der Waals surface area (Å²) in [5.41, 5.74) is 3.39. The summed E-state index contributed by atoms with van der Waals surface area (Å²) in [5.74, 6) is 0.418. The standard InChI is InChI=1S/C16H19N3O/c1-4-17-14-9-8-11(2)10-13(14)16(20)19-15-7-5-6-12(3)18-15/h5-10,17H,4H2,1-3H3,(H,18,19,20). The second-order valence-corrected chi connectivity index (χ2v) is 4.70. The lowest BCUT2D eigenvalue weighted by molar-refractivity contribution is 0.102. The number of aryl methyl sites for hydroxylation is 2. The molecular formula is C16H19N3O. The van der Waals surface area contributed by atoms with Crippen LogP contribution in [0.4, 0.5) is 11.5 Å². The molecule has 0 radical (unpaired) electrons. The van der Waals surface area contributed by atoms with E-state index in [0.29, 0.717) is 11.4 Å². The first-order chi connectivity index (χ1) is 9.60. The summed E-state index contributed by atoms with van der Waals surface area (Å²) in [6, 6.07) is 11.3. The summed E-state index contributed by atoms with van der Waals surface area (Å²) in [7, 11) is 0. The van der Waals surface area contributed by atoms with Gasteiger partial charge >= 0.3 is 0 Å². The molecule has 0 aliphatic carbocycles. The molecule has 1 aromatic heterocycles. The van der Waals surface area contributed by atoms with Gasteiger partial charge in [0.2, 0.25) is 0 Å². The minimum absolute atomic E-state index is 0.150. The van der Waals surface area contributed by atoms with Crippen molar-refractivity contribution in [3.63, 3.8) is 0 Å². The molecular weight excluding hydrogens is 250 g/mol. The monoisotopic (exact) mass is 269 g/mol. The van der Waals surface area contributed by atoms with Gasteiger partial charge in [0, 0.05) is 17.9 Å². The number of hydrogen-bond acceptors (Lipinski definition) is 3. The number of carbonyl (C=O) groups is 1. The number of nitrogens with one attached hydrogen (secondary N) is 2. The Kier molecular flexibility index (Phi) is 4.35. The Balaban J connectivity index is 2.26. The Bertz CT molecular complexity index is 623. The second-order valence-electron chi connectivity index (χ2n) is 4.70. The molecule has 0 unspecified atom stereocenters. The molecule has 0 bridgehead atoms. The number of hydrogen-bond donors (Lipinski definition) is 2. The number of nitrogens with zero attached hydrogens (tertiary/aromatic N) is 1. The van der Waals surface area contributed by atoms with Gasteiger partial charge in [-0.25, -0.2) is 4.98 Å². The van der Waals surface area contributed by atoms with Crippen LogP contribution in [-0.2, 0) is 0 Å². The number of pyridine rings is 1. The predicted octanol–water partition coefficient (Wildman–Crippen LogP) is 3.38. The van der Waals surface area contributed by atoms with Gasteiger partial charge in [0.1, 0.15) is 5.82 Å². The fraction of sp³-hybridized carbons (Fsp3) is 0.250. The Morgan fingerprint density at radius 1 is 1.20 bits per heavy atom. The van der Waals surface area contributed by atoms with E-state index in [9.17, 15) is 4.79 Å². The number of amides is 1. The van der Waals surface area contributed by atoms with Crippen molar-refractivity contribution in [3.05, 3.63) is 53.2 Å². The van der Waals surface area contributed by atoms with Crippen LogP contribution in [0.15, 0.2) is 36.4 Å². The fourth-order valence-electron chi connectivity index (χ4n) is 1.99. The Morgan fingerprint density at radius 3 is 2.70 bits per heavy atom. The summed E-state index contributed by atoms with van der Waals surface area (Å²) in [5, 5.41) is 6.04. The first-order valence-corrected chi connectivity index (χ1v) is 6.69. The normalized spacial score (nSPS) is 10.2. The van der Waals surface area contributed by atoms with Gasteiger partial charge in [0.05, 0.1) is 5.56 Å². The van der Waals surface area contributed by atoms with Gasteiger partial charge in [-0.05, 0) is 45.0 Å². The van der Waals surface area contributed by atoms with Crippen LogP contribution < -0.4 is 10.6 Å². The molecule has 1 amide bonds. The van der Waals surface area contributed by atoms with Crippen molar-refractivity contribution in [1.82, 2.24) is 4.98 Å². The van der Waals surface area contributed by atoms with Crippen molar-refractivity contribution in [3.8, 4) is 0 Å². The van der Waals surface area contributed by atoms with Crippen LogP contribution in [0, 0.1) is 13.8 Å². The predicted molar refractivity (Wildman–Crippen MR) is 82.3 cm³/mol. The average molecular weight is 269 g/mol. The molecule has 20 heavy (non-hydrogen) atoms. The highest BCUT2D eigenvalue weighted by Gasteiger charge is 2.12.